The maximum atomic E-state index is 10.1. The molecule has 0 bridgehead atoms. The Morgan fingerprint density at radius 1 is 1.47 bits per heavy atom. The summed E-state index contributed by atoms with van der Waals surface area (Å²) in [5.41, 5.74) is 6.11. The first-order chi connectivity index (χ1) is 7.85. The Morgan fingerprint density at radius 3 is 2.53 bits per heavy atom. The minimum absolute atomic E-state index is 0.0101. The van der Waals surface area contributed by atoms with Crippen molar-refractivity contribution >= 4 is 15.9 Å². The molecule has 0 fully saturated rings. The standard InChI is InChI=1S/C12H18BrNO3/c1-12(2,6-15)11(14)9-7(13)4-5-8(17-3)10(9)16/h4-5,11,15-16H,6,14H2,1-3H3/t11-/m1/s1. The number of aliphatic hydroxyl groups excluding tert-OH is 1. The van der Waals surface area contributed by atoms with E-state index >= 15 is 0 Å². The first-order valence-electron chi connectivity index (χ1n) is 5.27. The predicted octanol–water partition coefficient (Wildman–Crippen LogP) is 2.18. The van der Waals surface area contributed by atoms with Crippen LogP contribution in [-0.2, 0) is 0 Å². The van der Waals surface area contributed by atoms with Crippen molar-refractivity contribution in [3.8, 4) is 11.5 Å². The van der Waals surface area contributed by atoms with E-state index in [-0.39, 0.29) is 12.4 Å². The van der Waals surface area contributed by atoms with Crippen LogP contribution in [-0.4, -0.2) is 23.9 Å². The van der Waals surface area contributed by atoms with Crippen molar-refractivity contribution < 1.29 is 14.9 Å². The fourth-order valence-corrected chi connectivity index (χ4v) is 2.08. The largest absolute Gasteiger partial charge is 0.504 e. The highest BCUT2D eigenvalue weighted by Gasteiger charge is 2.31. The van der Waals surface area contributed by atoms with Gasteiger partial charge in [0.1, 0.15) is 0 Å². The zero-order valence-electron chi connectivity index (χ0n) is 10.2. The van der Waals surface area contributed by atoms with Gasteiger partial charge >= 0.3 is 0 Å². The van der Waals surface area contributed by atoms with Crippen LogP contribution in [0.3, 0.4) is 0 Å². The van der Waals surface area contributed by atoms with Crippen LogP contribution in [0.5, 0.6) is 11.5 Å². The summed E-state index contributed by atoms with van der Waals surface area (Å²) in [6.45, 7) is 3.60. The van der Waals surface area contributed by atoms with E-state index in [4.69, 9.17) is 10.5 Å². The highest BCUT2D eigenvalue weighted by atomic mass is 79.9. The summed E-state index contributed by atoms with van der Waals surface area (Å²) >= 11 is 3.36. The smallest absolute Gasteiger partial charge is 0.163 e. The van der Waals surface area contributed by atoms with Gasteiger partial charge in [0.05, 0.1) is 7.11 Å². The van der Waals surface area contributed by atoms with Gasteiger partial charge in [-0.15, -0.1) is 0 Å². The van der Waals surface area contributed by atoms with Crippen LogP contribution in [0, 0.1) is 5.41 Å². The van der Waals surface area contributed by atoms with Gasteiger partial charge in [-0.1, -0.05) is 29.8 Å². The molecule has 0 radical (unpaired) electrons. The van der Waals surface area contributed by atoms with Crippen LogP contribution in [0.25, 0.3) is 0 Å². The first-order valence-corrected chi connectivity index (χ1v) is 6.06. The number of benzene rings is 1. The molecule has 4 N–H and O–H groups in total. The Labute approximate surface area is 110 Å². The van der Waals surface area contributed by atoms with Crippen molar-refractivity contribution in [2.75, 3.05) is 13.7 Å². The van der Waals surface area contributed by atoms with E-state index in [1.54, 1.807) is 12.1 Å². The average molecular weight is 304 g/mol. The Bertz CT molecular complexity index is 407. The zero-order valence-corrected chi connectivity index (χ0v) is 11.8. The Morgan fingerprint density at radius 2 is 2.06 bits per heavy atom. The third kappa shape index (κ3) is 2.73. The third-order valence-corrected chi connectivity index (χ3v) is 3.60. The molecule has 0 aliphatic heterocycles. The molecule has 17 heavy (non-hydrogen) atoms. The molecule has 0 saturated heterocycles. The van der Waals surface area contributed by atoms with E-state index in [1.807, 2.05) is 13.8 Å². The summed E-state index contributed by atoms with van der Waals surface area (Å²) in [6.07, 6.45) is 0. The highest BCUT2D eigenvalue weighted by molar-refractivity contribution is 9.10. The van der Waals surface area contributed by atoms with Gasteiger partial charge in [-0.2, -0.15) is 0 Å². The van der Waals surface area contributed by atoms with Crippen molar-refractivity contribution in [2.45, 2.75) is 19.9 Å². The van der Waals surface area contributed by atoms with Crippen LogP contribution < -0.4 is 10.5 Å². The van der Waals surface area contributed by atoms with Gasteiger partial charge in [0.25, 0.3) is 0 Å². The fraction of sp³-hybridized carbons (Fsp3) is 0.500. The number of aromatic hydroxyl groups is 1. The summed E-state index contributed by atoms with van der Waals surface area (Å²) in [7, 11) is 1.48. The fourth-order valence-electron chi connectivity index (χ4n) is 1.51. The number of ether oxygens (including phenoxy) is 1. The van der Waals surface area contributed by atoms with Crippen molar-refractivity contribution in [3.63, 3.8) is 0 Å². The molecule has 0 aliphatic carbocycles. The van der Waals surface area contributed by atoms with Gasteiger partial charge in [-0.25, -0.2) is 0 Å². The summed E-state index contributed by atoms with van der Waals surface area (Å²) in [5, 5.41) is 19.4. The molecule has 0 aromatic heterocycles. The summed E-state index contributed by atoms with van der Waals surface area (Å²) < 4.78 is 5.75. The topological polar surface area (TPSA) is 75.7 Å². The lowest BCUT2D eigenvalue weighted by molar-refractivity contribution is 0.130. The second-order valence-corrected chi connectivity index (χ2v) is 5.49. The number of hydrogen-bond donors (Lipinski definition) is 3. The van der Waals surface area contributed by atoms with Crippen LogP contribution in [0.15, 0.2) is 16.6 Å². The van der Waals surface area contributed by atoms with Gasteiger partial charge in [-0.3, -0.25) is 0 Å². The average Bonchev–Trinajstić information content (AvgIpc) is 2.29. The molecule has 5 heteroatoms. The van der Waals surface area contributed by atoms with E-state index in [9.17, 15) is 10.2 Å². The van der Waals surface area contributed by atoms with Gasteiger partial charge in [-0.05, 0) is 12.1 Å². The number of nitrogens with two attached hydrogens (primary N) is 1. The Hall–Kier alpha value is -0.780. The molecule has 0 heterocycles. The second-order valence-electron chi connectivity index (χ2n) is 4.64. The molecular formula is C12H18BrNO3. The molecule has 0 spiro atoms. The van der Waals surface area contributed by atoms with E-state index in [2.05, 4.69) is 15.9 Å². The minimum Gasteiger partial charge on any atom is -0.504 e. The molecule has 1 aromatic carbocycles. The molecule has 4 nitrogen and oxygen atoms in total. The molecule has 1 aromatic rings. The SMILES string of the molecule is COc1ccc(Br)c([C@@H](N)C(C)(C)CO)c1O. The normalized spacial score (nSPS) is 13.5. The van der Waals surface area contributed by atoms with Crippen molar-refractivity contribution in [1.82, 2.24) is 0 Å². The lowest BCUT2D eigenvalue weighted by Crippen LogP contribution is -2.32. The van der Waals surface area contributed by atoms with Crippen LogP contribution in [0.2, 0.25) is 0 Å². The summed E-state index contributed by atoms with van der Waals surface area (Å²) in [4.78, 5) is 0. The van der Waals surface area contributed by atoms with Crippen molar-refractivity contribution in [1.29, 1.82) is 0 Å². The second kappa shape index (κ2) is 5.25. The number of aliphatic hydroxyl groups is 1. The first kappa shape index (κ1) is 14.3. The lowest BCUT2D eigenvalue weighted by atomic mass is 9.81. The number of halogens is 1. The number of hydrogen-bond acceptors (Lipinski definition) is 4. The number of phenols is 1. The predicted molar refractivity (Wildman–Crippen MR) is 70.2 cm³/mol. The minimum atomic E-state index is -0.535. The van der Waals surface area contributed by atoms with E-state index in [0.717, 1.165) is 0 Å². The van der Waals surface area contributed by atoms with Crippen molar-refractivity contribution in [3.05, 3.63) is 22.2 Å². The maximum absolute atomic E-state index is 10.1. The Balaban J connectivity index is 3.30. The number of phenolic OH excluding ortho intramolecular Hbond substituents is 1. The zero-order chi connectivity index (χ0) is 13.2. The molecule has 0 amide bonds. The molecule has 1 rings (SSSR count). The van der Waals surface area contributed by atoms with Gasteiger partial charge in [0.2, 0.25) is 0 Å². The molecular weight excluding hydrogens is 286 g/mol. The van der Waals surface area contributed by atoms with Crippen LogP contribution in [0.1, 0.15) is 25.5 Å². The van der Waals surface area contributed by atoms with E-state index in [0.29, 0.717) is 15.8 Å². The number of rotatable bonds is 4. The molecule has 1 atom stereocenters. The van der Waals surface area contributed by atoms with Gasteiger partial charge in [0, 0.05) is 28.1 Å². The monoisotopic (exact) mass is 303 g/mol. The quantitative estimate of drug-likeness (QED) is 0.797. The van der Waals surface area contributed by atoms with Crippen LogP contribution in [0.4, 0.5) is 0 Å². The van der Waals surface area contributed by atoms with Gasteiger partial charge in [0.15, 0.2) is 11.5 Å². The lowest BCUT2D eigenvalue weighted by Gasteiger charge is -2.31. The Kier molecular flexibility index (Phi) is 4.41. The van der Waals surface area contributed by atoms with E-state index < -0.39 is 11.5 Å². The molecule has 0 unspecified atom stereocenters. The number of methoxy groups -OCH3 is 1. The highest BCUT2D eigenvalue weighted by Crippen LogP contribution is 2.43. The molecule has 0 aliphatic rings. The van der Waals surface area contributed by atoms with Crippen molar-refractivity contribution in [2.24, 2.45) is 11.1 Å². The molecule has 0 saturated carbocycles. The van der Waals surface area contributed by atoms with Gasteiger partial charge < -0.3 is 20.7 Å². The molecule has 96 valence electrons. The summed E-state index contributed by atoms with van der Waals surface area (Å²) in [6, 6.07) is 2.92. The van der Waals surface area contributed by atoms with Crippen LogP contribution >= 0.6 is 15.9 Å². The maximum Gasteiger partial charge on any atom is 0.163 e. The third-order valence-electron chi connectivity index (χ3n) is 2.91. The summed E-state index contributed by atoms with van der Waals surface area (Å²) in [5.74, 6) is 0.378. The van der Waals surface area contributed by atoms with E-state index in [1.165, 1.54) is 7.11 Å².